The molecular weight excluding hydrogens is 180 g/mol. The molecule has 1 heterocycles. The highest BCUT2D eigenvalue weighted by Crippen LogP contribution is 2.23. The number of anilines is 2. The van der Waals surface area contributed by atoms with Gasteiger partial charge in [-0.3, -0.25) is 0 Å². The highest BCUT2D eigenvalue weighted by atomic mass is 16.5. The summed E-state index contributed by atoms with van der Waals surface area (Å²) in [5.41, 5.74) is 11.6. The lowest BCUT2D eigenvalue weighted by Crippen LogP contribution is -2.04. The lowest BCUT2D eigenvalue weighted by molar-refractivity contribution is 0.305. The molecule has 14 heavy (non-hydrogen) atoms. The van der Waals surface area contributed by atoms with E-state index in [1.54, 1.807) is 0 Å². The minimum absolute atomic E-state index is 0.215. The fourth-order valence-corrected chi connectivity index (χ4v) is 0.976. The molecule has 0 saturated carbocycles. The topological polar surface area (TPSA) is 97.9 Å². The maximum Gasteiger partial charge on any atom is 0.235 e. The van der Waals surface area contributed by atoms with E-state index in [9.17, 15) is 0 Å². The Morgan fingerprint density at radius 3 is 2.86 bits per heavy atom. The summed E-state index contributed by atoms with van der Waals surface area (Å²) in [5, 5.41) is 8.80. The minimum atomic E-state index is 0.215. The fourth-order valence-electron chi connectivity index (χ4n) is 0.976. The van der Waals surface area contributed by atoms with Gasteiger partial charge in [-0.2, -0.15) is 10.2 Å². The van der Waals surface area contributed by atoms with E-state index in [1.807, 2.05) is 13.0 Å². The number of nitrogens with two attached hydrogens (primary N) is 2. The molecule has 0 bridgehead atoms. The molecule has 0 unspecified atom stereocenters. The Balaban J connectivity index is 3.07. The normalized spacial score (nSPS) is 9.43. The van der Waals surface area contributed by atoms with Crippen LogP contribution in [0.4, 0.5) is 11.5 Å². The Hall–Kier alpha value is -1.96. The smallest absolute Gasteiger partial charge is 0.235 e. The van der Waals surface area contributed by atoms with Crippen molar-refractivity contribution in [1.29, 1.82) is 5.26 Å². The molecule has 1 aromatic heterocycles. The Morgan fingerprint density at radius 1 is 1.57 bits per heavy atom. The number of aromatic nitrogens is 1. The summed E-state index contributed by atoms with van der Waals surface area (Å²) in [7, 11) is 0. The number of pyridine rings is 1. The molecule has 5 nitrogen and oxygen atoms in total. The number of rotatable bonds is 3. The summed E-state index contributed by atoms with van der Waals surface area (Å²) < 4.78 is 5.25. The van der Waals surface area contributed by atoms with Crippen molar-refractivity contribution in [1.82, 2.24) is 4.98 Å². The second kappa shape index (κ2) is 4.33. The lowest BCUT2D eigenvalue weighted by atomic mass is 10.2. The molecular formula is C9H12N4O. The van der Waals surface area contributed by atoms with Gasteiger partial charge >= 0.3 is 0 Å². The van der Waals surface area contributed by atoms with Crippen molar-refractivity contribution in [2.45, 2.75) is 13.3 Å². The van der Waals surface area contributed by atoms with Crippen LogP contribution in [-0.4, -0.2) is 11.6 Å². The maximum absolute atomic E-state index is 8.80. The second-order valence-corrected chi connectivity index (χ2v) is 2.78. The van der Waals surface area contributed by atoms with Crippen molar-refractivity contribution >= 4 is 11.5 Å². The van der Waals surface area contributed by atoms with Gasteiger partial charge < -0.3 is 16.2 Å². The third kappa shape index (κ3) is 2.04. The van der Waals surface area contributed by atoms with Crippen LogP contribution in [0.15, 0.2) is 6.07 Å². The summed E-state index contributed by atoms with van der Waals surface area (Å²) in [6.07, 6.45) is 0.835. The maximum atomic E-state index is 8.80. The van der Waals surface area contributed by atoms with Gasteiger partial charge in [0.2, 0.25) is 5.88 Å². The van der Waals surface area contributed by atoms with Crippen LogP contribution in [0.1, 0.15) is 18.9 Å². The average Bonchev–Trinajstić information content (AvgIpc) is 2.14. The minimum Gasteiger partial charge on any atom is -0.477 e. The van der Waals surface area contributed by atoms with Crippen LogP contribution >= 0.6 is 0 Å². The van der Waals surface area contributed by atoms with Crippen LogP contribution in [0, 0.1) is 11.3 Å². The van der Waals surface area contributed by atoms with E-state index in [4.69, 9.17) is 21.5 Å². The van der Waals surface area contributed by atoms with Crippen molar-refractivity contribution in [2.24, 2.45) is 0 Å². The number of ether oxygens (including phenoxy) is 1. The standard InChI is InChI=1S/C9H12N4O/c1-2-3-14-9-6(5-10)7(11)4-8(12)13-9/h4H,2-3H2,1H3,(H4,11,12,13). The van der Waals surface area contributed by atoms with Crippen molar-refractivity contribution in [2.75, 3.05) is 18.1 Å². The molecule has 1 aromatic rings. The van der Waals surface area contributed by atoms with E-state index in [-0.39, 0.29) is 17.3 Å². The number of hydrogen-bond acceptors (Lipinski definition) is 5. The number of nitriles is 1. The molecule has 0 fully saturated rings. The highest BCUT2D eigenvalue weighted by Gasteiger charge is 2.10. The van der Waals surface area contributed by atoms with Crippen molar-refractivity contribution in [3.63, 3.8) is 0 Å². The first kappa shape index (κ1) is 10.1. The van der Waals surface area contributed by atoms with Crippen molar-refractivity contribution in [3.8, 4) is 11.9 Å². The van der Waals surface area contributed by atoms with E-state index >= 15 is 0 Å². The van der Waals surface area contributed by atoms with Gasteiger partial charge in [0, 0.05) is 6.07 Å². The third-order valence-electron chi connectivity index (χ3n) is 1.59. The fraction of sp³-hybridized carbons (Fsp3) is 0.333. The zero-order chi connectivity index (χ0) is 10.6. The molecule has 0 aromatic carbocycles. The summed E-state index contributed by atoms with van der Waals surface area (Å²) >= 11 is 0. The Bertz CT molecular complexity index is 370. The van der Waals surface area contributed by atoms with E-state index in [0.29, 0.717) is 12.3 Å². The second-order valence-electron chi connectivity index (χ2n) is 2.78. The molecule has 0 aliphatic rings. The summed E-state index contributed by atoms with van der Waals surface area (Å²) in [6, 6.07) is 3.37. The summed E-state index contributed by atoms with van der Waals surface area (Å²) in [5.74, 6) is 0.472. The van der Waals surface area contributed by atoms with Gasteiger partial charge in [-0.1, -0.05) is 6.92 Å². The van der Waals surface area contributed by atoms with Crippen molar-refractivity contribution < 1.29 is 4.74 Å². The number of hydrogen-bond donors (Lipinski definition) is 2. The largest absolute Gasteiger partial charge is 0.477 e. The molecule has 1 rings (SSSR count). The lowest BCUT2D eigenvalue weighted by Gasteiger charge is -2.07. The summed E-state index contributed by atoms with van der Waals surface area (Å²) in [6.45, 7) is 2.45. The molecule has 0 spiro atoms. The first-order valence-corrected chi connectivity index (χ1v) is 4.28. The van der Waals surface area contributed by atoms with Crippen LogP contribution in [-0.2, 0) is 0 Å². The van der Waals surface area contributed by atoms with Crippen LogP contribution in [0.2, 0.25) is 0 Å². The van der Waals surface area contributed by atoms with Crippen LogP contribution in [0.25, 0.3) is 0 Å². The molecule has 0 aliphatic heterocycles. The van der Waals surface area contributed by atoms with Crippen LogP contribution in [0.3, 0.4) is 0 Å². The Morgan fingerprint density at radius 2 is 2.29 bits per heavy atom. The quantitative estimate of drug-likeness (QED) is 0.741. The SMILES string of the molecule is CCCOc1nc(N)cc(N)c1C#N. The molecule has 0 aliphatic carbocycles. The molecule has 4 N–H and O–H groups in total. The molecule has 0 atom stereocenters. The monoisotopic (exact) mass is 192 g/mol. The first-order chi connectivity index (χ1) is 6.69. The van der Waals surface area contributed by atoms with Gasteiger partial charge in [-0.05, 0) is 6.42 Å². The van der Waals surface area contributed by atoms with Crippen molar-refractivity contribution in [3.05, 3.63) is 11.6 Å². The highest BCUT2D eigenvalue weighted by molar-refractivity contribution is 5.62. The van der Waals surface area contributed by atoms with E-state index in [2.05, 4.69) is 4.98 Å². The zero-order valence-corrected chi connectivity index (χ0v) is 7.95. The third-order valence-corrected chi connectivity index (χ3v) is 1.59. The van der Waals surface area contributed by atoms with Gasteiger partial charge in [-0.15, -0.1) is 0 Å². The molecule has 0 saturated heterocycles. The van der Waals surface area contributed by atoms with Gasteiger partial charge in [0.05, 0.1) is 12.3 Å². The first-order valence-electron chi connectivity index (χ1n) is 4.28. The number of nitrogen functional groups attached to an aromatic ring is 2. The number of nitrogens with zero attached hydrogens (tertiary/aromatic N) is 2. The summed E-state index contributed by atoms with van der Waals surface area (Å²) in [4.78, 5) is 3.90. The van der Waals surface area contributed by atoms with Gasteiger partial charge in [-0.25, -0.2) is 0 Å². The molecule has 74 valence electrons. The van der Waals surface area contributed by atoms with E-state index in [0.717, 1.165) is 6.42 Å². The average molecular weight is 192 g/mol. The van der Waals surface area contributed by atoms with E-state index in [1.165, 1.54) is 6.07 Å². The van der Waals surface area contributed by atoms with Gasteiger partial charge in [0.15, 0.2) is 0 Å². The van der Waals surface area contributed by atoms with Gasteiger partial charge in [0.1, 0.15) is 17.5 Å². The van der Waals surface area contributed by atoms with Crippen LogP contribution in [0.5, 0.6) is 5.88 Å². The van der Waals surface area contributed by atoms with E-state index < -0.39 is 0 Å². The Kier molecular flexibility index (Phi) is 3.13. The Labute approximate surface area is 82.3 Å². The molecule has 0 amide bonds. The predicted molar refractivity (Wildman–Crippen MR) is 53.6 cm³/mol. The molecule has 5 heteroatoms. The van der Waals surface area contributed by atoms with Crippen LogP contribution < -0.4 is 16.2 Å². The van der Waals surface area contributed by atoms with Gasteiger partial charge in [0.25, 0.3) is 0 Å². The molecule has 0 radical (unpaired) electrons. The predicted octanol–water partition coefficient (Wildman–Crippen LogP) is 0.906. The zero-order valence-electron chi connectivity index (χ0n) is 7.95.